The average molecular weight is 724 g/mol. The average Bonchev–Trinajstić information content (AvgIpc) is 3.60. The second-order valence-corrected chi connectivity index (χ2v) is 14.1. The molecular weight excluding hydrogens is 688 g/mol. The summed E-state index contributed by atoms with van der Waals surface area (Å²) < 4.78 is 12.9. The molecule has 4 rings (SSSR count). The maximum absolute atomic E-state index is 13.3. The van der Waals surface area contributed by atoms with E-state index in [1.165, 1.54) is 4.88 Å². The van der Waals surface area contributed by atoms with Crippen LogP contribution in [-0.4, -0.2) is 59.4 Å². The quantitative estimate of drug-likeness (QED) is 0.0673. The Hall–Kier alpha value is -2.15. The molecule has 0 aliphatic heterocycles. The van der Waals surface area contributed by atoms with Crippen molar-refractivity contribution in [2.24, 2.45) is 5.92 Å². The zero-order chi connectivity index (χ0) is 29.4. The van der Waals surface area contributed by atoms with E-state index < -0.39 is 0 Å². The van der Waals surface area contributed by atoms with Gasteiger partial charge in [0.25, 0.3) is 5.91 Å². The maximum atomic E-state index is 13.3. The van der Waals surface area contributed by atoms with Crippen molar-refractivity contribution >= 4 is 76.9 Å². The summed E-state index contributed by atoms with van der Waals surface area (Å²) in [5.74, 6) is 1.56. The number of carbonyl (C=O) groups is 1. The third kappa shape index (κ3) is 8.92. The number of hydrogen-bond donors (Lipinski definition) is 2. The number of thiophene rings is 1. The van der Waals surface area contributed by atoms with Gasteiger partial charge >= 0.3 is 0 Å². The molecule has 12 heteroatoms. The number of amides is 1. The first-order valence-electron chi connectivity index (χ1n) is 13.2. The predicted octanol–water partition coefficient (Wildman–Crippen LogP) is 6.41. The van der Waals surface area contributed by atoms with Crippen LogP contribution in [0.15, 0.2) is 48.0 Å². The first kappa shape index (κ1) is 31.8. The van der Waals surface area contributed by atoms with Crippen molar-refractivity contribution in [3.63, 3.8) is 0 Å². The van der Waals surface area contributed by atoms with Crippen LogP contribution in [0.2, 0.25) is 0 Å². The van der Waals surface area contributed by atoms with E-state index in [2.05, 4.69) is 67.6 Å². The van der Waals surface area contributed by atoms with Gasteiger partial charge in [0.15, 0.2) is 5.13 Å². The van der Waals surface area contributed by atoms with Gasteiger partial charge < -0.3 is 20.1 Å². The zero-order valence-electron chi connectivity index (χ0n) is 23.6. The van der Waals surface area contributed by atoms with Crippen LogP contribution in [0.5, 0.6) is 5.75 Å². The molecule has 1 amide bonds. The number of benzene rings is 1. The number of rotatable bonds is 14. The molecule has 0 aliphatic rings. The highest BCUT2D eigenvalue weighted by Gasteiger charge is 2.20. The van der Waals surface area contributed by atoms with Crippen LogP contribution in [0.25, 0.3) is 21.7 Å². The van der Waals surface area contributed by atoms with E-state index >= 15 is 0 Å². The summed E-state index contributed by atoms with van der Waals surface area (Å²) in [6, 6.07) is 12.0. The number of halogens is 1. The lowest BCUT2D eigenvalue weighted by atomic mass is 10.0. The van der Waals surface area contributed by atoms with E-state index in [0.29, 0.717) is 42.2 Å². The summed E-state index contributed by atoms with van der Waals surface area (Å²) in [7, 11) is 6.38. The lowest BCUT2D eigenvalue weighted by Crippen LogP contribution is -2.30. The number of anilines is 2. The number of carbonyl (C=O) groups excluding carboxylic acids is 1. The fourth-order valence-electron chi connectivity index (χ4n) is 4.04. The molecule has 0 saturated heterocycles. The number of aromatic nitrogens is 2. The van der Waals surface area contributed by atoms with E-state index in [4.69, 9.17) is 14.5 Å². The molecule has 1 aromatic carbocycles. The number of thiazole rings is 1. The number of nitrogens with zero attached hydrogens (tertiary/aromatic N) is 3. The van der Waals surface area contributed by atoms with Gasteiger partial charge in [-0.05, 0) is 55.1 Å². The number of ether oxygens (including phenoxy) is 2. The van der Waals surface area contributed by atoms with Gasteiger partial charge in [-0.1, -0.05) is 19.9 Å². The molecule has 8 nitrogen and oxygen atoms in total. The molecule has 0 aliphatic carbocycles. The monoisotopic (exact) mass is 723 g/mol. The van der Waals surface area contributed by atoms with Crippen LogP contribution in [0.4, 0.5) is 10.9 Å². The molecule has 1 unspecified atom stereocenters. The largest absolute Gasteiger partial charge is 0.491 e. The fraction of sp³-hybridized carbons (Fsp3) is 0.345. The van der Waals surface area contributed by atoms with Crippen LogP contribution < -0.4 is 20.7 Å². The van der Waals surface area contributed by atoms with E-state index in [0.717, 1.165) is 45.7 Å². The molecule has 3 aromatic heterocycles. The van der Waals surface area contributed by atoms with E-state index in [9.17, 15) is 4.79 Å². The molecule has 3 heterocycles. The van der Waals surface area contributed by atoms with Gasteiger partial charge in [-0.25, -0.2) is 13.1 Å². The second-order valence-electron chi connectivity index (χ2n) is 9.79. The van der Waals surface area contributed by atoms with Crippen LogP contribution >= 0.6 is 54.8 Å². The minimum Gasteiger partial charge on any atom is -0.491 e. The summed E-state index contributed by atoms with van der Waals surface area (Å²) in [6.45, 7) is 6.68. The maximum Gasteiger partial charge on any atom is 0.255 e. The second kappa shape index (κ2) is 15.4. The Labute approximate surface area is 266 Å². The molecule has 4 aromatic rings. The van der Waals surface area contributed by atoms with Crippen molar-refractivity contribution in [3.8, 4) is 27.4 Å². The van der Waals surface area contributed by atoms with Gasteiger partial charge in [0.2, 0.25) is 0 Å². The topological polar surface area (TPSA) is 88.6 Å². The van der Waals surface area contributed by atoms with Crippen LogP contribution in [0, 0.1) is 5.92 Å². The van der Waals surface area contributed by atoms with Gasteiger partial charge in [-0.15, -0.1) is 31.9 Å². The summed E-state index contributed by atoms with van der Waals surface area (Å²) in [6.07, 6.45) is 2.69. The van der Waals surface area contributed by atoms with Crippen molar-refractivity contribution in [2.75, 3.05) is 45.8 Å². The van der Waals surface area contributed by atoms with Crippen molar-refractivity contribution in [2.45, 2.75) is 20.3 Å². The fourth-order valence-corrected chi connectivity index (χ4v) is 6.54. The first-order valence-corrected chi connectivity index (χ1v) is 16.5. The number of nitrogens with one attached hydrogen (secondary N) is 2. The van der Waals surface area contributed by atoms with Gasteiger partial charge in [-0.3, -0.25) is 4.79 Å². The molecule has 2 N–H and O–H groups in total. The van der Waals surface area contributed by atoms with Gasteiger partial charge in [-0.2, -0.15) is 0 Å². The summed E-state index contributed by atoms with van der Waals surface area (Å²) in [5.41, 5.74) is 3.32. The Morgan fingerprint density at radius 1 is 1.20 bits per heavy atom. The highest BCUT2D eigenvalue weighted by molar-refractivity contribution is 14.1. The normalized spacial score (nSPS) is 11.3. The number of pyridine rings is 1. The van der Waals surface area contributed by atoms with Crippen LogP contribution in [0.1, 0.15) is 29.1 Å². The lowest BCUT2D eigenvalue weighted by Gasteiger charge is -2.13. The Morgan fingerprint density at radius 3 is 2.71 bits per heavy atom. The third-order valence-electron chi connectivity index (χ3n) is 5.99. The molecule has 0 spiro atoms. The first-order chi connectivity index (χ1) is 19.7. The molecule has 0 fully saturated rings. The SMILES string of the molecule is COCCOc1ccc(-c2nc(Nc3ncc(-c4cccs4)cc3C(=O)NCCN(C)I)sc2CC(C)C)cc1P. The third-order valence-corrected chi connectivity index (χ3v) is 8.83. The Balaban J connectivity index is 1.65. The van der Waals surface area contributed by atoms with Crippen molar-refractivity contribution in [1.82, 2.24) is 18.4 Å². The number of methoxy groups -OCH3 is 1. The smallest absolute Gasteiger partial charge is 0.255 e. The van der Waals surface area contributed by atoms with Gasteiger partial charge in [0.05, 0.1) is 17.9 Å². The van der Waals surface area contributed by atoms with Crippen LogP contribution in [0.3, 0.4) is 0 Å². The molecule has 0 bridgehead atoms. The number of likely N-dealkylation sites (N-methyl/N-ethyl adjacent to an activating group) is 1. The van der Waals surface area contributed by atoms with Crippen molar-refractivity contribution in [3.05, 3.63) is 58.4 Å². The van der Waals surface area contributed by atoms with E-state index in [1.807, 2.05) is 45.9 Å². The Kier molecular flexibility index (Phi) is 11.9. The minimum atomic E-state index is -0.174. The molecule has 41 heavy (non-hydrogen) atoms. The molecular formula is C29H35IN5O3PS2. The molecule has 0 saturated carbocycles. The Morgan fingerprint density at radius 2 is 2.02 bits per heavy atom. The summed E-state index contributed by atoms with van der Waals surface area (Å²) in [4.78, 5) is 25.2. The highest BCUT2D eigenvalue weighted by atomic mass is 127. The zero-order valence-corrected chi connectivity index (χ0v) is 28.5. The lowest BCUT2D eigenvalue weighted by molar-refractivity contribution is 0.0953. The molecule has 218 valence electrons. The van der Waals surface area contributed by atoms with Crippen LogP contribution in [-0.2, 0) is 11.2 Å². The van der Waals surface area contributed by atoms with Gasteiger partial charge in [0.1, 0.15) is 18.2 Å². The van der Waals surface area contributed by atoms with Gasteiger partial charge in [0, 0.05) is 75.4 Å². The Bertz CT molecular complexity index is 1450. The highest BCUT2D eigenvalue weighted by Crippen LogP contribution is 2.36. The van der Waals surface area contributed by atoms with E-state index in [1.54, 1.807) is 36.0 Å². The molecule has 1 atom stereocenters. The van der Waals surface area contributed by atoms with Crippen molar-refractivity contribution < 1.29 is 14.3 Å². The van der Waals surface area contributed by atoms with Crippen molar-refractivity contribution in [1.29, 1.82) is 0 Å². The summed E-state index contributed by atoms with van der Waals surface area (Å²) in [5, 5.41) is 10.1. The minimum absolute atomic E-state index is 0.174. The standard InChI is InChI=1S/C29H35IN5O3PS2/c1-18(2)14-25-26(19-7-8-22(23(39)16-19)38-12-11-37-4)33-29(41-25)34-27-21(28(36)31-9-10-35(3)30)15-20(17-32-27)24-6-5-13-40-24/h5-8,13,15-18H,9-12,14,39H2,1-4H3,(H,31,36)(H,32,33,34). The summed E-state index contributed by atoms with van der Waals surface area (Å²) >= 11 is 5.42. The molecule has 0 radical (unpaired) electrons. The number of hydrogen-bond acceptors (Lipinski definition) is 9. The van der Waals surface area contributed by atoms with E-state index in [-0.39, 0.29) is 5.91 Å². The predicted molar refractivity (Wildman–Crippen MR) is 183 cm³/mol.